The van der Waals surface area contributed by atoms with Crippen LogP contribution in [0.15, 0.2) is 53.9 Å². The topological polar surface area (TPSA) is 59.8 Å². The molecule has 3 rings (SSSR count). The van der Waals surface area contributed by atoms with Crippen molar-refractivity contribution in [3.05, 3.63) is 48.8 Å². The molecule has 0 unspecified atom stereocenters. The number of aromatic nitrogens is 3. The summed E-state index contributed by atoms with van der Waals surface area (Å²) in [5, 5.41) is 13.9. The number of nitrogens with zero attached hydrogens (tertiary/aromatic N) is 3. The fourth-order valence-electron chi connectivity index (χ4n) is 2.28. The molecule has 0 fully saturated rings. The molecule has 1 heterocycles. The molecule has 0 saturated heterocycles. The molecular weight excluding hydrogens is 308 g/mol. The minimum atomic E-state index is -0.0522. The maximum absolute atomic E-state index is 12.1. The van der Waals surface area contributed by atoms with Crippen LogP contribution in [0.2, 0.25) is 0 Å². The first-order valence-corrected chi connectivity index (χ1v) is 8.43. The van der Waals surface area contributed by atoms with Gasteiger partial charge in [0.15, 0.2) is 5.16 Å². The summed E-state index contributed by atoms with van der Waals surface area (Å²) in [6.07, 6.45) is 1.69. The van der Waals surface area contributed by atoms with Gasteiger partial charge in [0.2, 0.25) is 5.91 Å². The van der Waals surface area contributed by atoms with Gasteiger partial charge in [-0.05, 0) is 36.8 Å². The van der Waals surface area contributed by atoms with Crippen molar-refractivity contribution < 1.29 is 4.79 Å². The van der Waals surface area contributed by atoms with Gasteiger partial charge in [0, 0.05) is 11.7 Å². The van der Waals surface area contributed by atoms with E-state index in [1.165, 1.54) is 11.8 Å². The molecule has 2 aromatic carbocycles. The van der Waals surface area contributed by atoms with Crippen molar-refractivity contribution in [2.24, 2.45) is 0 Å². The quantitative estimate of drug-likeness (QED) is 0.726. The molecule has 0 aliphatic carbocycles. The number of carbonyl (C=O) groups is 1. The molecule has 1 aromatic heterocycles. The van der Waals surface area contributed by atoms with Crippen LogP contribution >= 0.6 is 11.8 Å². The van der Waals surface area contributed by atoms with Crippen LogP contribution in [0.1, 0.15) is 19.9 Å². The Kier molecular flexibility index (Phi) is 4.62. The predicted molar refractivity (Wildman–Crippen MR) is 93.7 cm³/mol. The SMILES string of the molecule is CC(C)n1cnnc1SCC(=O)Nc1ccc2ccccc2c1. The van der Waals surface area contributed by atoms with Crippen molar-refractivity contribution in [3.63, 3.8) is 0 Å². The van der Waals surface area contributed by atoms with Gasteiger partial charge < -0.3 is 9.88 Å². The zero-order valence-corrected chi connectivity index (χ0v) is 13.9. The molecule has 0 radical (unpaired) electrons. The lowest BCUT2D eigenvalue weighted by Gasteiger charge is -2.09. The molecule has 1 amide bonds. The molecule has 5 nitrogen and oxygen atoms in total. The number of amides is 1. The van der Waals surface area contributed by atoms with E-state index in [9.17, 15) is 4.79 Å². The number of hydrogen-bond donors (Lipinski definition) is 1. The summed E-state index contributed by atoms with van der Waals surface area (Å²) >= 11 is 1.39. The fourth-order valence-corrected chi connectivity index (χ4v) is 3.13. The smallest absolute Gasteiger partial charge is 0.234 e. The molecule has 0 atom stereocenters. The molecule has 0 spiro atoms. The Morgan fingerprint density at radius 1 is 1.22 bits per heavy atom. The number of fused-ring (bicyclic) bond motifs is 1. The zero-order valence-electron chi connectivity index (χ0n) is 13.1. The Balaban J connectivity index is 1.63. The van der Waals surface area contributed by atoms with Crippen molar-refractivity contribution in [3.8, 4) is 0 Å². The minimum Gasteiger partial charge on any atom is -0.325 e. The van der Waals surface area contributed by atoms with Gasteiger partial charge in [-0.2, -0.15) is 0 Å². The van der Waals surface area contributed by atoms with Gasteiger partial charge in [0.05, 0.1) is 5.75 Å². The number of benzene rings is 2. The Morgan fingerprint density at radius 2 is 2.00 bits per heavy atom. The van der Waals surface area contributed by atoms with Crippen LogP contribution in [0.4, 0.5) is 5.69 Å². The Morgan fingerprint density at radius 3 is 2.78 bits per heavy atom. The highest BCUT2D eigenvalue weighted by atomic mass is 32.2. The van der Waals surface area contributed by atoms with E-state index in [4.69, 9.17) is 0 Å². The van der Waals surface area contributed by atoms with E-state index in [1.807, 2.05) is 41.0 Å². The average molecular weight is 326 g/mol. The number of rotatable bonds is 5. The van der Waals surface area contributed by atoms with E-state index >= 15 is 0 Å². The Hall–Kier alpha value is -2.34. The normalized spacial score (nSPS) is 11.1. The van der Waals surface area contributed by atoms with Crippen LogP contribution in [0.5, 0.6) is 0 Å². The highest BCUT2D eigenvalue weighted by molar-refractivity contribution is 7.99. The highest BCUT2D eigenvalue weighted by Gasteiger charge is 2.11. The summed E-state index contributed by atoms with van der Waals surface area (Å²) in [7, 11) is 0. The van der Waals surface area contributed by atoms with Crippen LogP contribution in [-0.4, -0.2) is 26.4 Å². The van der Waals surface area contributed by atoms with Crippen LogP contribution in [0.25, 0.3) is 10.8 Å². The van der Waals surface area contributed by atoms with Crippen molar-refractivity contribution in [1.82, 2.24) is 14.8 Å². The molecule has 1 N–H and O–H groups in total. The number of thioether (sulfide) groups is 1. The van der Waals surface area contributed by atoms with Crippen LogP contribution in [-0.2, 0) is 4.79 Å². The second-order valence-electron chi connectivity index (χ2n) is 5.51. The number of anilines is 1. The summed E-state index contributed by atoms with van der Waals surface area (Å²) in [6.45, 7) is 4.12. The molecule has 0 saturated carbocycles. The molecule has 6 heteroatoms. The summed E-state index contributed by atoms with van der Waals surface area (Å²) in [4.78, 5) is 12.1. The molecular formula is C17H18N4OS. The van der Waals surface area contributed by atoms with Crippen molar-refractivity contribution in [1.29, 1.82) is 0 Å². The standard InChI is InChI=1S/C17H18N4OS/c1-12(2)21-11-18-20-17(21)23-10-16(22)19-15-8-7-13-5-3-4-6-14(13)9-15/h3-9,11-12H,10H2,1-2H3,(H,19,22). The monoisotopic (exact) mass is 326 g/mol. The highest BCUT2D eigenvalue weighted by Crippen LogP contribution is 2.21. The van der Waals surface area contributed by atoms with Gasteiger partial charge >= 0.3 is 0 Å². The van der Waals surface area contributed by atoms with Gasteiger partial charge in [0.25, 0.3) is 0 Å². The first-order chi connectivity index (χ1) is 11.1. The predicted octanol–water partition coefficient (Wildman–Crippen LogP) is 3.74. The molecule has 0 bridgehead atoms. The van der Waals surface area contributed by atoms with E-state index in [-0.39, 0.29) is 11.9 Å². The van der Waals surface area contributed by atoms with E-state index in [0.29, 0.717) is 5.75 Å². The third-order valence-electron chi connectivity index (χ3n) is 3.46. The number of hydrogen-bond acceptors (Lipinski definition) is 4. The third kappa shape index (κ3) is 3.71. The van der Waals surface area contributed by atoms with Crippen LogP contribution in [0.3, 0.4) is 0 Å². The third-order valence-corrected chi connectivity index (χ3v) is 4.42. The number of nitrogens with one attached hydrogen (secondary N) is 1. The largest absolute Gasteiger partial charge is 0.325 e. The van der Waals surface area contributed by atoms with Crippen molar-refractivity contribution in [2.75, 3.05) is 11.1 Å². The second-order valence-corrected chi connectivity index (χ2v) is 6.46. The molecule has 118 valence electrons. The summed E-state index contributed by atoms with van der Waals surface area (Å²) in [6, 6.07) is 14.3. The van der Waals surface area contributed by atoms with E-state index in [0.717, 1.165) is 21.6 Å². The molecule has 0 aliphatic heterocycles. The number of carbonyl (C=O) groups excluding carboxylic acids is 1. The lowest BCUT2D eigenvalue weighted by atomic mass is 10.1. The van der Waals surface area contributed by atoms with Crippen LogP contribution in [0, 0.1) is 0 Å². The van der Waals surface area contributed by atoms with Crippen LogP contribution < -0.4 is 5.32 Å². The lowest BCUT2D eigenvalue weighted by molar-refractivity contribution is -0.113. The zero-order chi connectivity index (χ0) is 16.2. The van der Waals surface area contributed by atoms with E-state index < -0.39 is 0 Å². The van der Waals surface area contributed by atoms with Gasteiger partial charge in [-0.1, -0.05) is 42.1 Å². The van der Waals surface area contributed by atoms with Gasteiger partial charge in [0.1, 0.15) is 6.33 Å². The lowest BCUT2D eigenvalue weighted by Crippen LogP contribution is -2.14. The average Bonchev–Trinajstić information content (AvgIpc) is 3.01. The Bertz CT molecular complexity index is 828. The second kappa shape index (κ2) is 6.83. The maximum Gasteiger partial charge on any atom is 0.234 e. The molecule has 0 aliphatic rings. The summed E-state index contributed by atoms with van der Waals surface area (Å²) in [5.41, 5.74) is 0.805. The first kappa shape index (κ1) is 15.6. The molecule has 3 aromatic rings. The van der Waals surface area contributed by atoms with Gasteiger partial charge in [-0.3, -0.25) is 4.79 Å². The van der Waals surface area contributed by atoms with Gasteiger partial charge in [-0.15, -0.1) is 10.2 Å². The fraction of sp³-hybridized carbons (Fsp3) is 0.235. The minimum absolute atomic E-state index is 0.0522. The Labute approximate surface area is 139 Å². The van der Waals surface area contributed by atoms with E-state index in [2.05, 4.69) is 35.4 Å². The van der Waals surface area contributed by atoms with Gasteiger partial charge in [-0.25, -0.2) is 0 Å². The first-order valence-electron chi connectivity index (χ1n) is 7.44. The maximum atomic E-state index is 12.1. The van der Waals surface area contributed by atoms with Crippen molar-refractivity contribution in [2.45, 2.75) is 25.0 Å². The van der Waals surface area contributed by atoms with E-state index in [1.54, 1.807) is 6.33 Å². The summed E-state index contributed by atoms with van der Waals surface area (Å²) in [5.74, 6) is 0.252. The van der Waals surface area contributed by atoms with Crippen molar-refractivity contribution >= 4 is 34.1 Å². The molecule has 23 heavy (non-hydrogen) atoms. The summed E-state index contributed by atoms with van der Waals surface area (Å²) < 4.78 is 1.95.